The molecule has 1 aromatic rings. The predicted molar refractivity (Wildman–Crippen MR) is 89.9 cm³/mol. The molecule has 0 radical (unpaired) electrons. The maximum absolute atomic E-state index is 5.39. The van der Waals surface area contributed by atoms with Crippen LogP contribution in [0.4, 0.5) is 0 Å². The molecular weight excluding hydrogens is 258 g/mol. The summed E-state index contributed by atoms with van der Waals surface area (Å²) in [5.41, 5.74) is 4.16. The van der Waals surface area contributed by atoms with E-state index in [1.807, 2.05) is 0 Å². The molecule has 2 nitrogen and oxygen atoms in total. The topological polar surface area (TPSA) is 21.3 Å². The highest BCUT2D eigenvalue weighted by Gasteiger charge is 2.17. The molecule has 0 amide bonds. The van der Waals surface area contributed by atoms with Crippen molar-refractivity contribution in [2.75, 3.05) is 13.7 Å². The lowest BCUT2D eigenvalue weighted by Crippen LogP contribution is -2.24. The molecule has 1 aliphatic rings. The molecule has 0 aromatic heterocycles. The summed E-state index contributed by atoms with van der Waals surface area (Å²) in [5.74, 6) is 0.975. The maximum Gasteiger partial charge on any atom is 0.121 e. The molecular formula is C19H29NO. The van der Waals surface area contributed by atoms with Crippen LogP contribution in [0.3, 0.4) is 0 Å². The average molecular weight is 287 g/mol. The summed E-state index contributed by atoms with van der Waals surface area (Å²) >= 11 is 0. The average Bonchev–Trinajstić information content (AvgIpc) is 2.77. The van der Waals surface area contributed by atoms with E-state index in [0.717, 1.165) is 12.3 Å². The quantitative estimate of drug-likeness (QED) is 0.749. The van der Waals surface area contributed by atoms with Crippen LogP contribution in [0.15, 0.2) is 29.8 Å². The Morgan fingerprint density at radius 1 is 1.24 bits per heavy atom. The lowest BCUT2D eigenvalue weighted by atomic mass is 9.93. The molecule has 0 heterocycles. The molecule has 0 bridgehead atoms. The zero-order valence-corrected chi connectivity index (χ0v) is 13.7. The highest BCUT2D eigenvalue weighted by atomic mass is 16.5. The number of ether oxygens (including phenoxy) is 1. The molecule has 1 aliphatic carbocycles. The van der Waals surface area contributed by atoms with E-state index in [4.69, 9.17) is 4.74 Å². The number of nitrogens with one attached hydrogen (secondary N) is 1. The van der Waals surface area contributed by atoms with Crippen molar-refractivity contribution < 1.29 is 4.74 Å². The van der Waals surface area contributed by atoms with Gasteiger partial charge in [0.15, 0.2) is 0 Å². The molecule has 116 valence electrons. The van der Waals surface area contributed by atoms with E-state index in [9.17, 15) is 0 Å². The first-order valence-electron chi connectivity index (χ1n) is 8.33. The Kier molecular flexibility index (Phi) is 6.31. The summed E-state index contributed by atoms with van der Waals surface area (Å²) in [6, 6.07) is 6.96. The Balaban J connectivity index is 2.26. The van der Waals surface area contributed by atoms with Crippen LogP contribution in [-0.4, -0.2) is 13.7 Å². The van der Waals surface area contributed by atoms with Crippen molar-refractivity contribution in [1.82, 2.24) is 5.32 Å². The molecule has 0 spiro atoms. The number of hydrogen-bond donors (Lipinski definition) is 1. The summed E-state index contributed by atoms with van der Waals surface area (Å²) in [4.78, 5) is 0. The largest absolute Gasteiger partial charge is 0.496 e. The first-order valence-corrected chi connectivity index (χ1v) is 8.33. The van der Waals surface area contributed by atoms with E-state index >= 15 is 0 Å². The van der Waals surface area contributed by atoms with Gasteiger partial charge in [-0.2, -0.15) is 0 Å². The van der Waals surface area contributed by atoms with Gasteiger partial charge in [-0.25, -0.2) is 0 Å². The van der Waals surface area contributed by atoms with Crippen molar-refractivity contribution in [2.24, 2.45) is 0 Å². The van der Waals surface area contributed by atoms with Gasteiger partial charge in [-0.05, 0) is 62.8 Å². The van der Waals surface area contributed by atoms with Crippen LogP contribution in [0.5, 0.6) is 5.75 Å². The first-order chi connectivity index (χ1) is 10.3. The highest BCUT2D eigenvalue weighted by Crippen LogP contribution is 2.31. The van der Waals surface area contributed by atoms with Gasteiger partial charge in [0.2, 0.25) is 0 Å². The SMILES string of the molecule is CCCNC(C1=CCCCCC1)c1ccc(OC)c(C)c1. The fourth-order valence-corrected chi connectivity index (χ4v) is 3.13. The minimum absolute atomic E-state index is 0.368. The van der Waals surface area contributed by atoms with E-state index in [-0.39, 0.29) is 0 Å². The van der Waals surface area contributed by atoms with Crippen molar-refractivity contribution in [3.8, 4) is 5.75 Å². The van der Waals surface area contributed by atoms with E-state index < -0.39 is 0 Å². The van der Waals surface area contributed by atoms with Crippen molar-refractivity contribution in [3.63, 3.8) is 0 Å². The predicted octanol–water partition coefficient (Wildman–Crippen LogP) is 4.93. The minimum atomic E-state index is 0.368. The van der Waals surface area contributed by atoms with Gasteiger partial charge >= 0.3 is 0 Å². The second kappa shape index (κ2) is 8.23. The fourth-order valence-electron chi connectivity index (χ4n) is 3.13. The summed E-state index contributed by atoms with van der Waals surface area (Å²) in [6.07, 6.45) is 10.1. The Hall–Kier alpha value is -1.28. The summed E-state index contributed by atoms with van der Waals surface area (Å²) in [7, 11) is 1.74. The van der Waals surface area contributed by atoms with Gasteiger partial charge in [-0.15, -0.1) is 0 Å². The zero-order chi connectivity index (χ0) is 15.1. The van der Waals surface area contributed by atoms with Crippen molar-refractivity contribution in [1.29, 1.82) is 0 Å². The second-order valence-corrected chi connectivity index (χ2v) is 5.99. The van der Waals surface area contributed by atoms with Gasteiger partial charge in [0.05, 0.1) is 13.2 Å². The van der Waals surface area contributed by atoms with E-state index in [2.05, 4.69) is 43.4 Å². The van der Waals surface area contributed by atoms with Gasteiger partial charge in [0.1, 0.15) is 5.75 Å². The number of methoxy groups -OCH3 is 1. The lowest BCUT2D eigenvalue weighted by molar-refractivity contribution is 0.411. The molecule has 1 aromatic carbocycles. The Morgan fingerprint density at radius 3 is 2.81 bits per heavy atom. The van der Waals surface area contributed by atoms with Crippen LogP contribution in [0.1, 0.15) is 62.6 Å². The van der Waals surface area contributed by atoms with Crippen molar-refractivity contribution in [2.45, 2.75) is 58.4 Å². The van der Waals surface area contributed by atoms with Crippen LogP contribution in [0, 0.1) is 6.92 Å². The smallest absolute Gasteiger partial charge is 0.121 e. The van der Waals surface area contributed by atoms with Crippen molar-refractivity contribution in [3.05, 3.63) is 41.0 Å². The van der Waals surface area contributed by atoms with Gasteiger partial charge < -0.3 is 10.1 Å². The molecule has 2 rings (SSSR count). The van der Waals surface area contributed by atoms with Gasteiger partial charge in [-0.1, -0.05) is 37.1 Å². The third-order valence-corrected chi connectivity index (χ3v) is 4.30. The molecule has 0 aliphatic heterocycles. The molecule has 0 fully saturated rings. The van der Waals surface area contributed by atoms with Crippen LogP contribution >= 0.6 is 0 Å². The number of allylic oxidation sites excluding steroid dienone is 1. The van der Waals surface area contributed by atoms with Gasteiger partial charge in [-0.3, -0.25) is 0 Å². The monoisotopic (exact) mass is 287 g/mol. The third-order valence-electron chi connectivity index (χ3n) is 4.30. The zero-order valence-electron chi connectivity index (χ0n) is 13.7. The molecule has 1 N–H and O–H groups in total. The Labute approximate surface area is 129 Å². The minimum Gasteiger partial charge on any atom is -0.496 e. The number of aryl methyl sites for hydroxylation is 1. The molecule has 0 saturated carbocycles. The van der Waals surface area contributed by atoms with Gasteiger partial charge in [0.25, 0.3) is 0 Å². The van der Waals surface area contributed by atoms with Gasteiger partial charge in [0, 0.05) is 0 Å². The van der Waals surface area contributed by atoms with E-state index in [1.54, 1.807) is 12.7 Å². The highest BCUT2D eigenvalue weighted by molar-refractivity contribution is 5.40. The summed E-state index contributed by atoms with van der Waals surface area (Å²) in [6.45, 7) is 5.42. The van der Waals surface area contributed by atoms with Crippen molar-refractivity contribution >= 4 is 0 Å². The van der Waals surface area contributed by atoms with Crippen LogP contribution in [0.25, 0.3) is 0 Å². The number of rotatable bonds is 6. The van der Waals surface area contributed by atoms with E-state index in [1.165, 1.54) is 49.7 Å². The summed E-state index contributed by atoms with van der Waals surface area (Å²) in [5, 5.41) is 3.74. The molecule has 21 heavy (non-hydrogen) atoms. The third kappa shape index (κ3) is 4.34. The molecule has 0 saturated heterocycles. The lowest BCUT2D eigenvalue weighted by Gasteiger charge is -2.23. The molecule has 2 heteroatoms. The number of benzene rings is 1. The maximum atomic E-state index is 5.39. The number of hydrogen-bond acceptors (Lipinski definition) is 2. The normalized spacial score (nSPS) is 17.0. The first kappa shape index (κ1) is 16.1. The second-order valence-electron chi connectivity index (χ2n) is 5.99. The Bertz CT molecular complexity index is 478. The van der Waals surface area contributed by atoms with Crippen LogP contribution < -0.4 is 10.1 Å². The fraction of sp³-hybridized carbons (Fsp3) is 0.579. The molecule has 1 atom stereocenters. The molecule has 1 unspecified atom stereocenters. The standard InChI is InChI=1S/C19H29NO/c1-4-13-20-19(16-9-7-5-6-8-10-16)17-11-12-18(21-3)15(2)14-17/h9,11-12,14,19-20H,4-8,10,13H2,1-3H3. The Morgan fingerprint density at radius 2 is 2.10 bits per heavy atom. The van der Waals surface area contributed by atoms with Crippen LogP contribution in [0.2, 0.25) is 0 Å². The van der Waals surface area contributed by atoms with E-state index in [0.29, 0.717) is 6.04 Å². The van der Waals surface area contributed by atoms with Crippen LogP contribution in [-0.2, 0) is 0 Å². The summed E-state index contributed by atoms with van der Waals surface area (Å²) < 4.78 is 5.39.